The normalized spacial score (nSPS) is 19.5. The summed E-state index contributed by atoms with van der Waals surface area (Å²) in [6.45, 7) is 1.22. The molecule has 2 rings (SSSR count). The van der Waals surface area contributed by atoms with Gasteiger partial charge in [-0.3, -0.25) is 0 Å². The number of rotatable bonds is 4. The number of nitrogens with two attached hydrogens (primary N) is 1. The zero-order chi connectivity index (χ0) is 13.8. The van der Waals surface area contributed by atoms with Crippen LogP contribution in [0.4, 0.5) is 5.69 Å². The molecule has 1 aromatic carbocycles. The second-order valence-corrected chi connectivity index (χ2v) is 6.15. The predicted octanol–water partition coefficient (Wildman–Crippen LogP) is 2.82. The lowest BCUT2D eigenvalue weighted by Gasteiger charge is -2.38. The van der Waals surface area contributed by atoms with Crippen LogP contribution in [0.15, 0.2) is 22.7 Å². The number of piperidine rings is 1. The third kappa shape index (κ3) is 3.27. The minimum absolute atomic E-state index is 0.220. The topological polar surface area (TPSA) is 49.5 Å². The van der Waals surface area contributed by atoms with Gasteiger partial charge in [-0.15, -0.1) is 0 Å². The van der Waals surface area contributed by atoms with Crippen molar-refractivity contribution in [3.63, 3.8) is 0 Å². The fourth-order valence-electron chi connectivity index (χ4n) is 2.76. The van der Waals surface area contributed by atoms with E-state index < -0.39 is 0 Å². The van der Waals surface area contributed by atoms with Crippen molar-refractivity contribution in [2.24, 2.45) is 5.73 Å². The van der Waals surface area contributed by atoms with Crippen molar-refractivity contribution in [2.75, 3.05) is 18.1 Å². The lowest BCUT2D eigenvalue weighted by molar-refractivity contribution is 0.262. The molecule has 1 saturated heterocycles. The van der Waals surface area contributed by atoms with E-state index in [0.29, 0.717) is 11.0 Å². The molecule has 0 radical (unpaired) electrons. The molecule has 3 nitrogen and oxygen atoms in total. The summed E-state index contributed by atoms with van der Waals surface area (Å²) < 4.78 is 0.936. The Morgan fingerprint density at radius 2 is 2.26 bits per heavy atom. The SMILES string of the molecule is NC(=S)c1c(Br)cccc1N1CCCCC1CCO. The third-order valence-electron chi connectivity index (χ3n) is 3.64. The first kappa shape index (κ1) is 14.8. The second-order valence-electron chi connectivity index (χ2n) is 4.85. The fourth-order valence-corrected chi connectivity index (χ4v) is 3.68. The number of halogens is 1. The molecule has 1 aliphatic heterocycles. The molecular weight excluding hydrogens is 324 g/mol. The summed E-state index contributed by atoms with van der Waals surface area (Å²) in [7, 11) is 0. The average molecular weight is 343 g/mol. The Kier molecular flexibility index (Phi) is 5.19. The van der Waals surface area contributed by atoms with E-state index in [2.05, 4.69) is 26.9 Å². The average Bonchev–Trinajstić information content (AvgIpc) is 2.39. The molecular formula is C14H19BrN2OS. The highest BCUT2D eigenvalue weighted by Gasteiger charge is 2.25. The van der Waals surface area contributed by atoms with E-state index in [1.807, 2.05) is 12.1 Å². The maximum atomic E-state index is 9.23. The summed E-state index contributed by atoms with van der Waals surface area (Å²) in [6, 6.07) is 6.41. The molecule has 1 aliphatic rings. The summed E-state index contributed by atoms with van der Waals surface area (Å²) in [5.74, 6) is 0. The predicted molar refractivity (Wildman–Crippen MR) is 86.7 cm³/mol. The van der Waals surface area contributed by atoms with Crippen molar-refractivity contribution in [3.05, 3.63) is 28.2 Å². The molecule has 5 heteroatoms. The van der Waals surface area contributed by atoms with E-state index in [1.165, 1.54) is 12.8 Å². The number of benzene rings is 1. The molecule has 1 unspecified atom stereocenters. The molecule has 0 aliphatic carbocycles. The van der Waals surface area contributed by atoms with Crippen LogP contribution in [0.2, 0.25) is 0 Å². The number of anilines is 1. The zero-order valence-electron chi connectivity index (χ0n) is 10.8. The van der Waals surface area contributed by atoms with Crippen LogP contribution < -0.4 is 10.6 Å². The van der Waals surface area contributed by atoms with Crippen molar-refractivity contribution < 1.29 is 5.11 Å². The summed E-state index contributed by atoms with van der Waals surface area (Å²) in [4.78, 5) is 2.76. The van der Waals surface area contributed by atoms with E-state index >= 15 is 0 Å². The van der Waals surface area contributed by atoms with Crippen molar-refractivity contribution in [3.8, 4) is 0 Å². The molecule has 19 heavy (non-hydrogen) atoms. The summed E-state index contributed by atoms with van der Waals surface area (Å²) >= 11 is 8.71. The number of aliphatic hydroxyl groups excluding tert-OH is 1. The summed E-state index contributed by atoms with van der Waals surface area (Å²) in [5.41, 5.74) is 7.86. The van der Waals surface area contributed by atoms with Crippen molar-refractivity contribution >= 4 is 38.8 Å². The Morgan fingerprint density at radius 3 is 2.95 bits per heavy atom. The summed E-state index contributed by atoms with van der Waals surface area (Å²) in [6.07, 6.45) is 4.30. The van der Waals surface area contributed by atoms with E-state index in [1.54, 1.807) is 0 Å². The van der Waals surface area contributed by atoms with Crippen LogP contribution in [0, 0.1) is 0 Å². The minimum atomic E-state index is 0.220. The first-order valence-electron chi connectivity index (χ1n) is 6.61. The molecule has 0 aromatic heterocycles. The molecule has 1 aromatic rings. The molecule has 0 bridgehead atoms. The fraction of sp³-hybridized carbons (Fsp3) is 0.500. The maximum Gasteiger partial charge on any atom is 0.107 e. The highest BCUT2D eigenvalue weighted by molar-refractivity contribution is 9.10. The van der Waals surface area contributed by atoms with Crippen LogP contribution in [-0.2, 0) is 0 Å². The standard InChI is InChI=1S/C14H19BrN2OS/c15-11-5-3-6-12(13(11)14(16)19)17-8-2-1-4-10(17)7-9-18/h3,5-6,10,18H,1-2,4,7-9H2,(H2,16,19). The molecule has 0 amide bonds. The number of nitrogens with zero attached hydrogens (tertiary/aromatic N) is 1. The molecule has 1 heterocycles. The van der Waals surface area contributed by atoms with Gasteiger partial charge < -0.3 is 15.7 Å². The lowest BCUT2D eigenvalue weighted by Crippen LogP contribution is -2.41. The Balaban J connectivity index is 2.38. The van der Waals surface area contributed by atoms with Crippen LogP contribution in [0.25, 0.3) is 0 Å². The van der Waals surface area contributed by atoms with Gasteiger partial charge in [0.15, 0.2) is 0 Å². The van der Waals surface area contributed by atoms with E-state index in [4.69, 9.17) is 18.0 Å². The Hall–Kier alpha value is -0.650. The van der Waals surface area contributed by atoms with Crippen molar-refractivity contribution in [1.82, 2.24) is 0 Å². The Labute approximate surface area is 127 Å². The number of hydrogen-bond donors (Lipinski definition) is 2. The molecule has 3 N–H and O–H groups in total. The van der Waals surface area contributed by atoms with Crippen LogP contribution in [-0.4, -0.2) is 29.3 Å². The highest BCUT2D eigenvalue weighted by atomic mass is 79.9. The van der Waals surface area contributed by atoms with E-state index in [-0.39, 0.29) is 6.61 Å². The van der Waals surface area contributed by atoms with Gasteiger partial charge in [0, 0.05) is 34.9 Å². The quantitative estimate of drug-likeness (QED) is 0.826. The van der Waals surface area contributed by atoms with Crippen LogP contribution >= 0.6 is 28.1 Å². The largest absolute Gasteiger partial charge is 0.396 e. The number of hydrogen-bond acceptors (Lipinski definition) is 3. The monoisotopic (exact) mass is 342 g/mol. The Bertz CT molecular complexity index is 465. The van der Waals surface area contributed by atoms with Crippen molar-refractivity contribution in [1.29, 1.82) is 0 Å². The molecule has 0 saturated carbocycles. The third-order valence-corrected chi connectivity index (χ3v) is 4.50. The van der Waals surface area contributed by atoms with E-state index in [9.17, 15) is 5.11 Å². The van der Waals surface area contributed by atoms with Crippen LogP contribution in [0.3, 0.4) is 0 Å². The van der Waals surface area contributed by atoms with Gasteiger partial charge in [0.2, 0.25) is 0 Å². The zero-order valence-corrected chi connectivity index (χ0v) is 13.2. The van der Waals surface area contributed by atoms with Crippen LogP contribution in [0.1, 0.15) is 31.2 Å². The Morgan fingerprint density at radius 1 is 1.47 bits per heavy atom. The van der Waals surface area contributed by atoms with Gasteiger partial charge in [-0.1, -0.05) is 18.3 Å². The summed E-state index contributed by atoms with van der Waals surface area (Å²) in [5, 5.41) is 9.23. The van der Waals surface area contributed by atoms with Gasteiger partial charge in [0.05, 0.1) is 0 Å². The minimum Gasteiger partial charge on any atom is -0.396 e. The van der Waals surface area contributed by atoms with Gasteiger partial charge in [0.25, 0.3) is 0 Å². The van der Waals surface area contributed by atoms with E-state index in [0.717, 1.165) is 35.1 Å². The highest BCUT2D eigenvalue weighted by Crippen LogP contribution is 2.33. The molecule has 1 atom stereocenters. The van der Waals surface area contributed by atoms with Gasteiger partial charge in [-0.2, -0.15) is 0 Å². The number of aliphatic hydroxyl groups is 1. The smallest absolute Gasteiger partial charge is 0.107 e. The van der Waals surface area contributed by atoms with Crippen molar-refractivity contribution in [2.45, 2.75) is 31.7 Å². The van der Waals surface area contributed by atoms with Gasteiger partial charge >= 0.3 is 0 Å². The molecule has 1 fully saturated rings. The maximum absolute atomic E-state index is 9.23. The first-order valence-corrected chi connectivity index (χ1v) is 7.81. The first-order chi connectivity index (χ1) is 9.15. The van der Waals surface area contributed by atoms with Gasteiger partial charge in [-0.05, 0) is 53.7 Å². The molecule has 104 valence electrons. The lowest BCUT2D eigenvalue weighted by atomic mass is 9.97. The number of thiocarbonyl (C=S) groups is 1. The second kappa shape index (κ2) is 6.68. The van der Waals surface area contributed by atoms with Gasteiger partial charge in [0.1, 0.15) is 4.99 Å². The van der Waals surface area contributed by atoms with Gasteiger partial charge in [-0.25, -0.2) is 0 Å². The molecule has 0 spiro atoms. The van der Waals surface area contributed by atoms with Crippen LogP contribution in [0.5, 0.6) is 0 Å².